The lowest BCUT2D eigenvalue weighted by Crippen LogP contribution is -2.56. The quantitative estimate of drug-likeness (QED) is 0.207. The average Bonchev–Trinajstić information content (AvgIpc) is 3.27. The van der Waals surface area contributed by atoms with E-state index in [2.05, 4.69) is 31.8 Å². The Labute approximate surface area is 200 Å². The van der Waals surface area contributed by atoms with E-state index in [4.69, 9.17) is 14.6 Å². The highest BCUT2D eigenvalue weighted by Crippen LogP contribution is 2.28. The molecule has 0 radical (unpaired) electrons. The van der Waals surface area contributed by atoms with Crippen LogP contribution in [0.1, 0.15) is 17.5 Å². The molecule has 0 saturated heterocycles. The summed E-state index contributed by atoms with van der Waals surface area (Å²) in [6.45, 7) is -0.164. The highest BCUT2D eigenvalue weighted by molar-refractivity contribution is 9.10. The Kier molecular flexibility index (Phi) is 9.21. The molecule has 0 aromatic heterocycles. The van der Waals surface area contributed by atoms with Crippen LogP contribution in [0.15, 0.2) is 58.0 Å². The predicted molar refractivity (Wildman–Crippen MR) is 126 cm³/mol. The Morgan fingerprint density at radius 2 is 1.82 bits per heavy atom. The summed E-state index contributed by atoms with van der Waals surface area (Å²) in [5.41, 5.74) is 5.56. The number of hydrogen-bond donors (Lipinski definition) is 5. The van der Waals surface area contributed by atoms with Gasteiger partial charge in [-0.05, 0) is 42.0 Å². The first-order valence-electron chi connectivity index (χ1n) is 10.6. The van der Waals surface area contributed by atoms with Crippen molar-refractivity contribution in [2.45, 2.75) is 24.4 Å². The Balaban J connectivity index is 1.81. The second kappa shape index (κ2) is 12.1. The van der Waals surface area contributed by atoms with Crippen LogP contribution in [0.2, 0.25) is 0 Å². The minimum Gasteiger partial charge on any atom is -0.494 e. The van der Waals surface area contributed by atoms with Gasteiger partial charge in [0, 0.05) is 29.5 Å². The molecule has 2 aromatic carbocycles. The number of aliphatic hydroxyl groups excluding tert-OH is 3. The molecule has 3 rings (SSSR count). The lowest BCUT2D eigenvalue weighted by molar-refractivity contribution is -0.128. The molecule has 178 valence electrons. The maximum absolute atomic E-state index is 13.2. The van der Waals surface area contributed by atoms with Crippen molar-refractivity contribution < 1.29 is 29.6 Å². The van der Waals surface area contributed by atoms with Gasteiger partial charge in [-0.15, -0.1) is 0 Å². The smallest absolute Gasteiger partial charge is 0.266 e. The van der Waals surface area contributed by atoms with E-state index in [0.717, 1.165) is 10.0 Å². The topological polar surface area (TPSA) is 133 Å². The van der Waals surface area contributed by atoms with E-state index in [1.807, 2.05) is 24.3 Å². The fourth-order valence-corrected chi connectivity index (χ4v) is 3.47. The first-order chi connectivity index (χ1) is 16.0. The van der Waals surface area contributed by atoms with E-state index in [1.165, 1.54) is 0 Å². The fraction of sp³-hybridized carbons (Fsp3) is 0.391. The van der Waals surface area contributed by atoms with Crippen molar-refractivity contribution in [2.75, 3.05) is 33.0 Å². The van der Waals surface area contributed by atoms with E-state index in [0.29, 0.717) is 36.7 Å². The normalized spacial score (nSPS) is 17.5. The summed E-state index contributed by atoms with van der Waals surface area (Å²) in [5, 5.41) is 27.4. The SMILES string of the molecule is O=C(NNC(CO)CO)[C@]1(Cc2ccc(Br)cc2)COC(c2ccc(OCCCO)cc2)=N1. The van der Waals surface area contributed by atoms with E-state index in [9.17, 15) is 15.0 Å². The molecule has 5 N–H and O–H groups in total. The summed E-state index contributed by atoms with van der Waals surface area (Å²) >= 11 is 3.41. The van der Waals surface area contributed by atoms with E-state index in [-0.39, 0.29) is 26.4 Å². The molecule has 9 nitrogen and oxygen atoms in total. The maximum atomic E-state index is 13.2. The van der Waals surface area contributed by atoms with Gasteiger partial charge in [-0.2, -0.15) is 0 Å². The van der Waals surface area contributed by atoms with Crippen LogP contribution in [0.3, 0.4) is 0 Å². The highest BCUT2D eigenvalue weighted by atomic mass is 79.9. The third-order valence-corrected chi connectivity index (χ3v) is 5.63. The minimum absolute atomic E-state index is 0.0313. The molecule has 1 aliphatic heterocycles. The van der Waals surface area contributed by atoms with Crippen LogP contribution < -0.4 is 15.6 Å². The number of benzene rings is 2. The lowest BCUT2D eigenvalue weighted by Gasteiger charge is -2.25. The summed E-state index contributed by atoms with van der Waals surface area (Å²) in [5.74, 6) is 0.564. The molecule has 0 unspecified atom stereocenters. The van der Waals surface area contributed by atoms with Crippen molar-refractivity contribution in [2.24, 2.45) is 4.99 Å². The zero-order chi connectivity index (χ0) is 23.7. The molecular weight excluding hydrogens is 494 g/mol. The molecule has 1 aliphatic rings. The maximum Gasteiger partial charge on any atom is 0.266 e. The number of carbonyl (C=O) groups is 1. The third-order valence-electron chi connectivity index (χ3n) is 5.10. The molecule has 0 spiro atoms. The number of nitrogens with one attached hydrogen (secondary N) is 2. The van der Waals surface area contributed by atoms with Crippen LogP contribution >= 0.6 is 15.9 Å². The van der Waals surface area contributed by atoms with Crippen LogP contribution in [0, 0.1) is 0 Å². The molecule has 0 bridgehead atoms. The number of nitrogens with zero attached hydrogens (tertiary/aromatic N) is 1. The Morgan fingerprint density at radius 3 is 2.45 bits per heavy atom. The van der Waals surface area contributed by atoms with Crippen LogP contribution in [0.4, 0.5) is 0 Å². The molecule has 0 aliphatic carbocycles. The number of amides is 1. The second-order valence-corrected chi connectivity index (χ2v) is 8.57. The van der Waals surface area contributed by atoms with Crippen LogP contribution in [0.25, 0.3) is 0 Å². The Hall–Kier alpha value is -2.50. The van der Waals surface area contributed by atoms with Crippen molar-refractivity contribution in [3.8, 4) is 5.75 Å². The lowest BCUT2D eigenvalue weighted by atomic mass is 9.91. The van der Waals surface area contributed by atoms with Gasteiger partial charge in [-0.25, -0.2) is 10.4 Å². The van der Waals surface area contributed by atoms with Crippen molar-refractivity contribution in [3.05, 3.63) is 64.1 Å². The molecule has 1 amide bonds. The number of hydrogen-bond acceptors (Lipinski definition) is 8. The number of rotatable bonds is 12. The van der Waals surface area contributed by atoms with Gasteiger partial charge < -0.3 is 24.8 Å². The molecule has 1 heterocycles. The van der Waals surface area contributed by atoms with Crippen molar-refractivity contribution in [3.63, 3.8) is 0 Å². The standard InChI is InChI=1S/C23H28BrN3O6/c24-18-6-2-16(3-7-18)12-23(22(31)27-26-19(13-29)14-30)15-33-21(25-23)17-4-8-20(9-5-17)32-11-1-10-28/h2-9,19,26,28-30H,1,10-15H2,(H,27,31)/t23-/m0/s1. The summed E-state index contributed by atoms with van der Waals surface area (Å²) in [7, 11) is 0. The van der Waals surface area contributed by atoms with Gasteiger partial charge >= 0.3 is 0 Å². The molecule has 33 heavy (non-hydrogen) atoms. The first kappa shape index (κ1) is 25.1. The zero-order valence-corrected chi connectivity index (χ0v) is 19.6. The van der Waals surface area contributed by atoms with Crippen LogP contribution in [-0.4, -0.2) is 71.7 Å². The van der Waals surface area contributed by atoms with Gasteiger partial charge in [0.15, 0.2) is 5.54 Å². The highest BCUT2D eigenvalue weighted by Gasteiger charge is 2.44. The third kappa shape index (κ3) is 6.75. The van der Waals surface area contributed by atoms with Crippen LogP contribution in [0.5, 0.6) is 5.75 Å². The Bertz CT molecular complexity index is 934. The number of aliphatic hydroxyl groups is 3. The summed E-state index contributed by atoms with van der Waals surface area (Å²) in [6, 6.07) is 14.1. The van der Waals surface area contributed by atoms with Gasteiger partial charge in [0.2, 0.25) is 5.90 Å². The summed E-state index contributed by atoms with van der Waals surface area (Å²) in [4.78, 5) is 17.9. The molecule has 2 aromatic rings. The molecule has 1 atom stereocenters. The van der Waals surface area contributed by atoms with Crippen LogP contribution in [-0.2, 0) is 16.0 Å². The number of ether oxygens (including phenoxy) is 2. The monoisotopic (exact) mass is 521 g/mol. The van der Waals surface area contributed by atoms with E-state index >= 15 is 0 Å². The summed E-state index contributed by atoms with van der Waals surface area (Å²) in [6.07, 6.45) is 0.843. The number of halogens is 1. The number of carbonyl (C=O) groups excluding carboxylic acids is 1. The summed E-state index contributed by atoms with van der Waals surface area (Å²) < 4.78 is 12.3. The molecule has 10 heteroatoms. The van der Waals surface area contributed by atoms with Gasteiger partial charge in [-0.3, -0.25) is 10.2 Å². The van der Waals surface area contributed by atoms with Gasteiger partial charge in [0.25, 0.3) is 5.91 Å². The van der Waals surface area contributed by atoms with Crippen molar-refractivity contribution in [1.29, 1.82) is 0 Å². The number of hydrazine groups is 1. The van der Waals surface area contributed by atoms with Gasteiger partial charge in [-0.1, -0.05) is 28.1 Å². The fourth-order valence-electron chi connectivity index (χ4n) is 3.20. The molecule has 0 fully saturated rings. The van der Waals surface area contributed by atoms with Crippen molar-refractivity contribution in [1.82, 2.24) is 10.9 Å². The zero-order valence-electron chi connectivity index (χ0n) is 18.0. The molecule has 0 saturated carbocycles. The number of aliphatic imine (C=N–C) groups is 1. The first-order valence-corrected chi connectivity index (χ1v) is 11.4. The Morgan fingerprint density at radius 1 is 1.12 bits per heavy atom. The largest absolute Gasteiger partial charge is 0.494 e. The minimum atomic E-state index is -1.23. The van der Waals surface area contributed by atoms with Gasteiger partial charge in [0.05, 0.1) is 25.9 Å². The van der Waals surface area contributed by atoms with Gasteiger partial charge in [0.1, 0.15) is 12.4 Å². The predicted octanol–water partition coefficient (Wildman–Crippen LogP) is 0.943. The second-order valence-electron chi connectivity index (χ2n) is 7.65. The van der Waals surface area contributed by atoms with Crippen molar-refractivity contribution >= 4 is 27.7 Å². The average molecular weight is 522 g/mol. The van der Waals surface area contributed by atoms with E-state index < -0.39 is 17.5 Å². The van der Waals surface area contributed by atoms with E-state index in [1.54, 1.807) is 24.3 Å². The molecular formula is C23H28BrN3O6.